The lowest BCUT2D eigenvalue weighted by atomic mass is 10.2. The Labute approximate surface area is 125 Å². The Hall–Kier alpha value is -1.08. The van der Waals surface area contributed by atoms with E-state index >= 15 is 0 Å². The second kappa shape index (κ2) is 23.0. The summed E-state index contributed by atoms with van der Waals surface area (Å²) >= 11 is 0. The fourth-order valence-electron chi connectivity index (χ4n) is 1.48. The van der Waals surface area contributed by atoms with Crippen LogP contribution < -0.4 is 0 Å². The third-order valence-electron chi connectivity index (χ3n) is 2.48. The summed E-state index contributed by atoms with van der Waals surface area (Å²) < 4.78 is 0. The highest BCUT2D eigenvalue weighted by molar-refractivity contribution is 5.62. The summed E-state index contributed by atoms with van der Waals surface area (Å²) in [5.74, 6) is -0.833. The maximum absolute atomic E-state index is 9.00. The Bertz CT molecular complexity index is 202. The van der Waals surface area contributed by atoms with Gasteiger partial charge in [-0.25, -0.2) is 0 Å². The summed E-state index contributed by atoms with van der Waals surface area (Å²) in [6.45, 7) is 13.3. The van der Waals surface area contributed by atoms with Crippen molar-refractivity contribution in [1.82, 2.24) is 4.90 Å². The molecule has 120 valence electrons. The van der Waals surface area contributed by atoms with Crippen molar-refractivity contribution in [3.8, 4) is 6.07 Å². The first kappa shape index (κ1) is 24.0. The molecule has 0 aromatic carbocycles. The van der Waals surface area contributed by atoms with Gasteiger partial charge in [0.05, 0.1) is 6.07 Å². The average Bonchev–Trinajstić information content (AvgIpc) is 2.38. The number of carboxylic acid groups (broad SMARTS) is 1. The van der Waals surface area contributed by atoms with Crippen LogP contribution in [0.4, 0.5) is 0 Å². The van der Waals surface area contributed by atoms with Crippen LogP contribution in [0.1, 0.15) is 73.1 Å². The standard InChI is InChI=1S/C12H27N.C2H3N.C2H4O2/c1-4-7-10-13(11-8-5-2)12-9-6-3;1-2-3;1-2(3)4/h4-12H2,1-3H3;1H3;1H3,(H,3,4). The van der Waals surface area contributed by atoms with E-state index in [2.05, 4.69) is 25.7 Å². The molecule has 4 nitrogen and oxygen atoms in total. The van der Waals surface area contributed by atoms with Gasteiger partial charge in [0.15, 0.2) is 0 Å². The normalized spacial score (nSPS) is 8.85. The number of carboxylic acids is 1. The maximum atomic E-state index is 9.00. The van der Waals surface area contributed by atoms with Crippen molar-refractivity contribution in [3.05, 3.63) is 0 Å². The van der Waals surface area contributed by atoms with Gasteiger partial charge in [0, 0.05) is 13.8 Å². The molecule has 0 saturated heterocycles. The molecule has 1 N–H and O–H groups in total. The number of unbranched alkanes of at least 4 members (excludes halogenated alkanes) is 3. The van der Waals surface area contributed by atoms with Crippen LogP contribution in [0.5, 0.6) is 0 Å². The monoisotopic (exact) mass is 286 g/mol. The lowest BCUT2D eigenvalue weighted by Crippen LogP contribution is -2.27. The molecule has 0 radical (unpaired) electrons. The highest BCUT2D eigenvalue weighted by Gasteiger charge is 2.01. The fourth-order valence-corrected chi connectivity index (χ4v) is 1.48. The Balaban J connectivity index is -0.000000343. The number of aliphatic carboxylic acids is 1. The minimum atomic E-state index is -0.833. The molecule has 0 bridgehead atoms. The van der Waals surface area contributed by atoms with Crippen molar-refractivity contribution >= 4 is 5.97 Å². The van der Waals surface area contributed by atoms with Crippen molar-refractivity contribution in [1.29, 1.82) is 5.26 Å². The number of nitrogens with zero attached hydrogens (tertiary/aromatic N) is 2. The Morgan fingerprint density at radius 3 is 1.35 bits per heavy atom. The molecule has 0 heterocycles. The summed E-state index contributed by atoms with van der Waals surface area (Å²) in [5.41, 5.74) is 0. The van der Waals surface area contributed by atoms with Crippen molar-refractivity contribution in [3.63, 3.8) is 0 Å². The third-order valence-corrected chi connectivity index (χ3v) is 2.48. The van der Waals surface area contributed by atoms with Crippen LogP contribution in [-0.4, -0.2) is 35.6 Å². The van der Waals surface area contributed by atoms with Gasteiger partial charge >= 0.3 is 0 Å². The minimum Gasteiger partial charge on any atom is -0.481 e. The topological polar surface area (TPSA) is 64.3 Å². The first-order valence-electron chi connectivity index (χ1n) is 7.72. The van der Waals surface area contributed by atoms with Gasteiger partial charge < -0.3 is 10.0 Å². The zero-order valence-corrected chi connectivity index (χ0v) is 14.1. The van der Waals surface area contributed by atoms with Crippen LogP contribution in [0.25, 0.3) is 0 Å². The lowest BCUT2D eigenvalue weighted by Gasteiger charge is -2.21. The summed E-state index contributed by atoms with van der Waals surface area (Å²) in [6, 6.07) is 1.75. The van der Waals surface area contributed by atoms with Crippen LogP contribution in [-0.2, 0) is 4.79 Å². The molecule has 0 aromatic rings. The van der Waals surface area contributed by atoms with E-state index in [1.165, 1.54) is 65.1 Å². The fraction of sp³-hybridized carbons (Fsp3) is 0.875. The molecule has 0 rings (SSSR count). The van der Waals surface area contributed by atoms with Crippen LogP contribution in [0.3, 0.4) is 0 Å². The van der Waals surface area contributed by atoms with E-state index in [4.69, 9.17) is 15.2 Å². The van der Waals surface area contributed by atoms with E-state index in [0.29, 0.717) is 0 Å². The van der Waals surface area contributed by atoms with E-state index in [0.717, 1.165) is 6.92 Å². The van der Waals surface area contributed by atoms with Crippen molar-refractivity contribution in [2.45, 2.75) is 73.1 Å². The molecule has 20 heavy (non-hydrogen) atoms. The van der Waals surface area contributed by atoms with Gasteiger partial charge in [0.25, 0.3) is 5.97 Å². The van der Waals surface area contributed by atoms with Crippen LogP contribution >= 0.6 is 0 Å². The highest BCUT2D eigenvalue weighted by atomic mass is 16.4. The Kier molecular flexibility index (Phi) is 27.6. The average molecular weight is 286 g/mol. The van der Waals surface area contributed by atoms with Gasteiger partial charge in [-0.2, -0.15) is 5.26 Å². The van der Waals surface area contributed by atoms with E-state index < -0.39 is 5.97 Å². The van der Waals surface area contributed by atoms with Crippen LogP contribution in [0.15, 0.2) is 0 Å². The molecule has 0 amide bonds. The minimum absolute atomic E-state index is 0.833. The predicted octanol–water partition coefficient (Wildman–Crippen LogP) is 4.31. The smallest absolute Gasteiger partial charge is 0.300 e. The Morgan fingerprint density at radius 1 is 1.00 bits per heavy atom. The number of nitriles is 1. The van der Waals surface area contributed by atoms with Crippen LogP contribution in [0, 0.1) is 11.3 Å². The number of rotatable bonds is 9. The second-order valence-corrected chi connectivity index (χ2v) is 4.64. The predicted molar refractivity (Wildman–Crippen MR) is 85.8 cm³/mol. The first-order valence-corrected chi connectivity index (χ1v) is 7.72. The van der Waals surface area contributed by atoms with Gasteiger partial charge in [-0.1, -0.05) is 40.0 Å². The quantitative estimate of drug-likeness (QED) is 0.686. The molecule has 0 aliphatic rings. The maximum Gasteiger partial charge on any atom is 0.300 e. The molecule has 0 fully saturated rings. The largest absolute Gasteiger partial charge is 0.481 e. The SMILES string of the molecule is CC#N.CC(=O)O.CCCCN(CCCC)CCCC. The van der Waals surface area contributed by atoms with Gasteiger partial charge in [-0.3, -0.25) is 4.79 Å². The van der Waals surface area contributed by atoms with E-state index in [9.17, 15) is 0 Å². The van der Waals surface area contributed by atoms with Crippen molar-refractivity contribution in [2.75, 3.05) is 19.6 Å². The molecule has 0 unspecified atom stereocenters. The molecular weight excluding hydrogens is 252 g/mol. The van der Waals surface area contributed by atoms with Crippen LogP contribution in [0.2, 0.25) is 0 Å². The number of carbonyl (C=O) groups is 1. The van der Waals surface area contributed by atoms with E-state index in [1.807, 2.05) is 0 Å². The lowest BCUT2D eigenvalue weighted by molar-refractivity contribution is -0.134. The van der Waals surface area contributed by atoms with Crippen molar-refractivity contribution in [2.24, 2.45) is 0 Å². The van der Waals surface area contributed by atoms with Crippen molar-refractivity contribution < 1.29 is 9.90 Å². The number of hydrogen-bond donors (Lipinski definition) is 1. The molecule has 0 aliphatic carbocycles. The molecule has 0 spiro atoms. The zero-order chi connectivity index (χ0) is 16.2. The summed E-state index contributed by atoms with van der Waals surface area (Å²) in [6.07, 6.45) is 8.09. The molecule has 0 saturated carbocycles. The highest BCUT2D eigenvalue weighted by Crippen LogP contribution is 2.01. The summed E-state index contributed by atoms with van der Waals surface area (Å²) in [5, 5.41) is 14.7. The third kappa shape index (κ3) is 36.0. The summed E-state index contributed by atoms with van der Waals surface area (Å²) in [4.78, 5) is 11.6. The van der Waals surface area contributed by atoms with Gasteiger partial charge in [0.1, 0.15) is 0 Å². The Morgan fingerprint density at radius 2 is 1.20 bits per heavy atom. The molecule has 0 aromatic heterocycles. The van der Waals surface area contributed by atoms with Gasteiger partial charge in [-0.05, 0) is 38.9 Å². The van der Waals surface area contributed by atoms with Gasteiger partial charge in [-0.15, -0.1) is 0 Å². The van der Waals surface area contributed by atoms with E-state index in [1.54, 1.807) is 6.07 Å². The molecule has 0 atom stereocenters. The molecular formula is C16H34N2O2. The number of hydrogen-bond acceptors (Lipinski definition) is 3. The van der Waals surface area contributed by atoms with E-state index in [-0.39, 0.29) is 0 Å². The summed E-state index contributed by atoms with van der Waals surface area (Å²) in [7, 11) is 0. The second-order valence-electron chi connectivity index (χ2n) is 4.64. The van der Waals surface area contributed by atoms with Gasteiger partial charge in [0.2, 0.25) is 0 Å². The molecule has 0 aliphatic heterocycles. The first-order chi connectivity index (χ1) is 9.49. The zero-order valence-electron chi connectivity index (χ0n) is 14.1. The molecule has 4 heteroatoms.